The van der Waals surface area contributed by atoms with E-state index in [0.717, 1.165) is 11.3 Å². The van der Waals surface area contributed by atoms with Crippen LogP contribution in [0.3, 0.4) is 0 Å². The van der Waals surface area contributed by atoms with Gasteiger partial charge in [0, 0.05) is 5.56 Å². The lowest BCUT2D eigenvalue weighted by molar-refractivity contribution is 0.262. The quantitative estimate of drug-likeness (QED) is 0.590. The predicted molar refractivity (Wildman–Crippen MR) is 97.9 cm³/mol. The van der Waals surface area contributed by atoms with Crippen LogP contribution in [-0.4, -0.2) is 16.2 Å². The van der Waals surface area contributed by atoms with Crippen molar-refractivity contribution < 1.29 is 4.79 Å². The van der Waals surface area contributed by atoms with Crippen LogP contribution in [0.5, 0.6) is 0 Å². The Bertz CT molecular complexity index is 878. The highest BCUT2D eigenvalue weighted by atomic mass is 35.5. The van der Waals surface area contributed by atoms with E-state index >= 15 is 0 Å². The van der Waals surface area contributed by atoms with Gasteiger partial charge in [0.05, 0.1) is 27.1 Å². The Hall–Kier alpha value is -2.50. The molecule has 24 heavy (non-hydrogen) atoms. The van der Waals surface area contributed by atoms with Crippen LogP contribution in [0.15, 0.2) is 48.5 Å². The molecule has 0 unspecified atom stereocenters. The molecule has 0 aliphatic carbocycles. The summed E-state index contributed by atoms with van der Waals surface area (Å²) in [7, 11) is 0. The summed E-state index contributed by atoms with van der Waals surface area (Å²) in [6, 6.07) is 14.2. The maximum atomic E-state index is 12.3. The van der Waals surface area contributed by atoms with E-state index in [-0.39, 0.29) is 0 Å². The molecule has 0 radical (unpaired) electrons. The van der Waals surface area contributed by atoms with Gasteiger partial charge in [-0.2, -0.15) is 5.10 Å². The summed E-state index contributed by atoms with van der Waals surface area (Å²) >= 11 is 12.0. The van der Waals surface area contributed by atoms with Gasteiger partial charge in [0.25, 0.3) is 0 Å². The van der Waals surface area contributed by atoms with E-state index < -0.39 is 6.03 Å². The summed E-state index contributed by atoms with van der Waals surface area (Å²) in [4.78, 5) is 12.3. The Morgan fingerprint density at radius 3 is 2.54 bits per heavy atom. The lowest BCUT2D eigenvalue weighted by Gasteiger charge is -2.10. The normalized spacial score (nSPS) is 10.5. The summed E-state index contributed by atoms with van der Waals surface area (Å²) in [5.41, 5.74) is 3.36. The fourth-order valence-electron chi connectivity index (χ4n) is 2.25. The third kappa shape index (κ3) is 3.37. The van der Waals surface area contributed by atoms with Crippen LogP contribution in [0.4, 0.5) is 16.2 Å². The van der Waals surface area contributed by atoms with Crippen molar-refractivity contribution in [3.8, 4) is 11.3 Å². The van der Waals surface area contributed by atoms with Crippen molar-refractivity contribution in [2.45, 2.75) is 6.92 Å². The minimum absolute atomic E-state index is 0.293. The number of hydrogen-bond donors (Lipinski definition) is 3. The molecule has 122 valence electrons. The molecule has 0 saturated heterocycles. The summed E-state index contributed by atoms with van der Waals surface area (Å²) in [5, 5.41) is 13.3. The molecule has 0 aliphatic heterocycles. The number of amides is 2. The van der Waals surface area contributed by atoms with Crippen molar-refractivity contribution in [3.63, 3.8) is 0 Å². The SMILES string of the molecule is Cc1[nH]nc(-c2ccccc2)c1NC(=O)Nc1cccc(Cl)c1Cl. The monoisotopic (exact) mass is 360 g/mol. The largest absolute Gasteiger partial charge is 0.323 e. The number of anilines is 2. The second kappa shape index (κ2) is 6.95. The molecule has 0 saturated carbocycles. The fourth-order valence-corrected chi connectivity index (χ4v) is 2.60. The van der Waals surface area contributed by atoms with Gasteiger partial charge in [-0.05, 0) is 19.1 Å². The van der Waals surface area contributed by atoms with Crippen LogP contribution < -0.4 is 10.6 Å². The first-order valence-electron chi connectivity index (χ1n) is 7.18. The van der Waals surface area contributed by atoms with Crippen LogP contribution >= 0.6 is 23.2 Å². The number of nitrogens with one attached hydrogen (secondary N) is 3. The number of aromatic nitrogens is 2. The molecule has 1 heterocycles. The van der Waals surface area contributed by atoms with Crippen molar-refractivity contribution in [2.75, 3.05) is 10.6 Å². The van der Waals surface area contributed by atoms with Gasteiger partial charge >= 0.3 is 6.03 Å². The number of aromatic amines is 1. The zero-order valence-electron chi connectivity index (χ0n) is 12.7. The molecule has 3 aromatic rings. The molecule has 5 nitrogen and oxygen atoms in total. The molecule has 3 N–H and O–H groups in total. The van der Waals surface area contributed by atoms with Gasteiger partial charge in [0.2, 0.25) is 0 Å². The first-order valence-corrected chi connectivity index (χ1v) is 7.94. The number of rotatable bonds is 3. The number of hydrogen-bond acceptors (Lipinski definition) is 2. The average molecular weight is 361 g/mol. The Morgan fingerprint density at radius 1 is 1.04 bits per heavy atom. The summed E-state index contributed by atoms with van der Waals surface area (Å²) < 4.78 is 0. The van der Waals surface area contributed by atoms with Crippen molar-refractivity contribution in [1.29, 1.82) is 0 Å². The average Bonchev–Trinajstić information content (AvgIpc) is 2.93. The lowest BCUT2D eigenvalue weighted by atomic mass is 10.1. The predicted octanol–water partition coefficient (Wildman–Crippen LogP) is 5.34. The van der Waals surface area contributed by atoms with Gasteiger partial charge in [0.15, 0.2) is 0 Å². The Morgan fingerprint density at radius 2 is 1.79 bits per heavy atom. The molecular weight excluding hydrogens is 347 g/mol. The maximum Gasteiger partial charge on any atom is 0.323 e. The standard InChI is InChI=1S/C17H14Cl2N4O/c1-10-15(16(23-22-10)11-6-3-2-4-7-11)21-17(24)20-13-9-5-8-12(18)14(13)19/h2-9H,1H3,(H,22,23)(H2,20,21,24). The minimum atomic E-state index is -0.430. The number of carbonyl (C=O) groups is 1. The second-order valence-corrected chi connectivity index (χ2v) is 5.90. The van der Waals surface area contributed by atoms with Crippen LogP contribution in [0.2, 0.25) is 10.0 Å². The number of H-pyrrole nitrogens is 1. The van der Waals surface area contributed by atoms with Gasteiger partial charge < -0.3 is 10.6 Å². The Kier molecular flexibility index (Phi) is 4.74. The van der Waals surface area contributed by atoms with Crippen molar-refractivity contribution in [3.05, 3.63) is 64.3 Å². The van der Waals surface area contributed by atoms with Gasteiger partial charge in [-0.3, -0.25) is 5.10 Å². The molecule has 1 aromatic heterocycles. The van der Waals surface area contributed by atoms with Crippen LogP contribution in [0.1, 0.15) is 5.69 Å². The van der Waals surface area contributed by atoms with Crippen molar-refractivity contribution >= 4 is 40.6 Å². The third-order valence-electron chi connectivity index (χ3n) is 3.43. The summed E-state index contributed by atoms with van der Waals surface area (Å²) in [5.74, 6) is 0. The fraction of sp³-hybridized carbons (Fsp3) is 0.0588. The zero-order chi connectivity index (χ0) is 17.1. The van der Waals surface area contributed by atoms with Crippen LogP contribution in [-0.2, 0) is 0 Å². The van der Waals surface area contributed by atoms with Gasteiger partial charge in [-0.25, -0.2) is 4.79 Å². The highest BCUT2D eigenvalue weighted by molar-refractivity contribution is 6.44. The minimum Gasteiger partial charge on any atom is -0.306 e. The third-order valence-corrected chi connectivity index (χ3v) is 4.25. The number of urea groups is 1. The van der Waals surface area contributed by atoms with E-state index in [1.807, 2.05) is 37.3 Å². The smallest absolute Gasteiger partial charge is 0.306 e. The molecule has 2 aromatic carbocycles. The van der Waals surface area contributed by atoms with Crippen LogP contribution in [0.25, 0.3) is 11.3 Å². The van der Waals surface area contributed by atoms with Gasteiger partial charge in [-0.15, -0.1) is 0 Å². The summed E-state index contributed by atoms with van der Waals surface area (Å²) in [6.07, 6.45) is 0. The molecule has 2 amide bonds. The first kappa shape index (κ1) is 16.4. The molecule has 7 heteroatoms. The molecule has 0 spiro atoms. The van der Waals surface area contributed by atoms with Crippen molar-refractivity contribution in [2.24, 2.45) is 0 Å². The number of aryl methyl sites for hydroxylation is 1. The Labute approximate surface area is 149 Å². The number of benzene rings is 2. The van der Waals surface area contributed by atoms with Gasteiger partial charge in [0.1, 0.15) is 5.69 Å². The second-order valence-electron chi connectivity index (χ2n) is 5.12. The molecule has 0 atom stereocenters. The number of nitrogens with zero attached hydrogens (tertiary/aromatic N) is 1. The lowest BCUT2D eigenvalue weighted by Crippen LogP contribution is -2.20. The maximum absolute atomic E-state index is 12.3. The van der Waals surface area contributed by atoms with Gasteiger partial charge in [-0.1, -0.05) is 59.6 Å². The number of halogens is 2. The van der Waals surface area contributed by atoms with E-state index in [9.17, 15) is 4.79 Å². The highest BCUT2D eigenvalue weighted by Crippen LogP contribution is 2.31. The molecule has 0 aliphatic rings. The zero-order valence-corrected chi connectivity index (χ0v) is 14.2. The number of carbonyl (C=O) groups excluding carboxylic acids is 1. The van der Waals surface area contributed by atoms with Crippen LogP contribution in [0, 0.1) is 6.92 Å². The molecule has 0 fully saturated rings. The van der Waals surface area contributed by atoms with E-state index in [2.05, 4.69) is 20.8 Å². The van der Waals surface area contributed by atoms with E-state index in [1.165, 1.54) is 0 Å². The van der Waals surface area contributed by atoms with E-state index in [1.54, 1.807) is 18.2 Å². The molecular formula is C17H14Cl2N4O. The Balaban J connectivity index is 1.83. The van der Waals surface area contributed by atoms with Crippen molar-refractivity contribution in [1.82, 2.24) is 10.2 Å². The van der Waals surface area contributed by atoms with E-state index in [0.29, 0.717) is 27.1 Å². The highest BCUT2D eigenvalue weighted by Gasteiger charge is 2.15. The molecule has 0 bridgehead atoms. The summed E-state index contributed by atoms with van der Waals surface area (Å²) in [6.45, 7) is 1.83. The first-order chi connectivity index (χ1) is 11.6. The molecule has 3 rings (SSSR count). The van der Waals surface area contributed by atoms with E-state index in [4.69, 9.17) is 23.2 Å². The topological polar surface area (TPSA) is 69.8 Å².